The third-order valence-electron chi connectivity index (χ3n) is 5.42. The zero-order valence-electron chi connectivity index (χ0n) is 20.4. The van der Waals surface area contributed by atoms with Crippen molar-refractivity contribution in [1.29, 1.82) is 5.26 Å². The van der Waals surface area contributed by atoms with Gasteiger partial charge in [0.25, 0.3) is 5.78 Å². The molecule has 35 heavy (non-hydrogen) atoms. The molecule has 1 aliphatic rings. The van der Waals surface area contributed by atoms with Crippen molar-refractivity contribution in [3.8, 4) is 11.8 Å². The van der Waals surface area contributed by atoms with E-state index in [4.69, 9.17) is 6.11 Å². The lowest BCUT2D eigenvalue weighted by atomic mass is 10.1. The number of carbonyl (C=O) groups excluding carboxylic acids is 3. The average molecular weight is 478 g/mol. The molecule has 0 aliphatic carbocycles. The molecule has 2 aromatic rings. The third kappa shape index (κ3) is 7.42. The number of rotatable bonds is 9. The Labute approximate surface area is 205 Å². The Balaban J connectivity index is 1.65. The molecule has 2 atom stereocenters. The SMILES string of the molecule is [2H]C(OC[C@H](NC(C)=O)C(=O)N1CCN(/C(=C/c2ccc(O)cc2)C(=O)C#N)CC1)c1ccccc1. The number of ketones is 1. The number of benzene rings is 2. The normalized spacial score (nSPS) is 16.0. The maximum Gasteiger partial charge on any atom is 0.278 e. The van der Waals surface area contributed by atoms with Gasteiger partial charge in [0, 0.05) is 33.1 Å². The molecule has 0 saturated carbocycles. The molecule has 1 unspecified atom stereocenters. The number of carbonyl (C=O) groups is 3. The summed E-state index contributed by atoms with van der Waals surface area (Å²) in [6, 6.07) is 15.8. The predicted octanol–water partition coefficient (Wildman–Crippen LogP) is 1.69. The topological polar surface area (TPSA) is 123 Å². The Hall–Kier alpha value is -4.16. The number of phenols is 1. The van der Waals surface area contributed by atoms with Gasteiger partial charge in [0.2, 0.25) is 11.8 Å². The summed E-state index contributed by atoms with van der Waals surface area (Å²) < 4.78 is 13.7. The third-order valence-corrected chi connectivity index (χ3v) is 5.42. The minimum absolute atomic E-state index is 0.0886. The van der Waals surface area contributed by atoms with Crippen LogP contribution in [0.2, 0.25) is 0 Å². The van der Waals surface area contributed by atoms with E-state index in [1.54, 1.807) is 58.3 Å². The molecule has 1 fully saturated rings. The molecule has 1 saturated heterocycles. The van der Waals surface area contributed by atoms with E-state index >= 15 is 0 Å². The fourth-order valence-electron chi connectivity index (χ4n) is 3.67. The van der Waals surface area contributed by atoms with Gasteiger partial charge >= 0.3 is 0 Å². The second-order valence-electron chi connectivity index (χ2n) is 7.99. The predicted molar refractivity (Wildman–Crippen MR) is 129 cm³/mol. The number of amides is 2. The van der Waals surface area contributed by atoms with Crippen molar-refractivity contribution in [2.24, 2.45) is 0 Å². The summed E-state index contributed by atoms with van der Waals surface area (Å²) in [5.74, 6) is -1.35. The summed E-state index contributed by atoms with van der Waals surface area (Å²) in [5, 5.41) is 21.3. The van der Waals surface area contributed by atoms with Crippen LogP contribution in [0.15, 0.2) is 60.3 Å². The molecule has 0 aromatic heterocycles. The summed E-state index contributed by atoms with van der Waals surface area (Å²) in [6.07, 6.45) is 1.58. The van der Waals surface area contributed by atoms with Crippen LogP contribution in [0.25, 0.3) is 6.08 Å². The van der Waals surface area contributed by atoms with Crippen LogP contribution in [0.4, 0.5) is 0 Å². The van der Waals surface area contributed by atoms with Crippen LogP contribution >= 0.6 is 0 Å². The van der Waals surface area contributed by atoms with Crippen molar-refractivity contribution < 1.29 is 25.6 Å². The number of hydrogen-bond acceptors (Lipinski definition) is 7. The number of phenolic OH excluding ortho intramolecular Hbond substituents is 1. The van der Waals surface area contributed by atoms with Crippen LogP contribution in [0.1, 0.15) is 19.4 Å². The zero-order valence-corrected chi connectivity index (χ0v) is 19.4. The van der Waals surface area contributed by atoms with E-state index in [1.807, 2.05) is 6.07 Å². The number of hydrogen-bond donors (Lipinski definition) is 2. The molecule has 182 valence electrons. The smallest absolute Gasteiger partial charge is 0.278 e. The van der Waals surface area contributed by atoms with E-state index in [-0.39, 0.29) is 37.1 Å². The van der Waals surface area contributed by atoms with Gasteiger partial charge in [-0.3, -0.25) is 14.4 Å². The minimum atomic E-state index is -1.00. The van der Waals surface area contributed by atoms with Crippen LogP contribution in [0, 0.1) is 11.3 Å². The monoisotopic (exact) mass is 477 g/mol. The first-order valence-electron chi connectivity index (χ1n) is 11.7. The Kier molecular flexibility index (Phi) is 8.46. The van der Waals surface area contributed by atoms with Gasteiger partial charge < -0.3 is 25.0 Å². The number of ether oxygens (including phenoxy) is 1. The molecular formula is C26H28N4O5. The van der Waals surface area contributed by atoms with E-state index in [0.29, 0.717) is 24.2 Å². The first-order chi connectivity index (χ1) is 17.3. The highest BCUT2D eigenvalue weighted by Crippen LogP contribution is 2.18. The number of nitrogens with one attached hydrogen (secondary N) is 1. The molecule has 2 amide bonds. The van der Waals surface area contributed by atoms with Crippen molar-refractivity contribution in [3.63, 3.8) is 0 Å². The number of allylic oxidation sites excluding steroid dienone is 1. The second-order valence-corrected chi connectivity index (χ2v) is 7.99. The number of nitrogens with zero attached hydrogens (tertiary/aromatic N) is 3. The summed E-state index contributed by atoms with van der Waals surface area (Å²) >= 11 is 0. The summed E-state index contributed by atoms with van der Waals surface area (Å²) in [6.45, 7) is 1.29. The number of aromatic hydroxyl groups is 1. The fourth-order valence-corrected chi connectivity index (χ4v) is 3.67. The summed E-state index contributed by atoms with van der Waals surface area (Å²) in [5.41, 5.74) is 1.49. The maximum absolute atomic E-state index is 13.2. The second kappa shape index (κ2) is 12.3. The molecule has 2 aromatic carbocycles. The molecule has 2 N–H and O–H groups in total. The molecule has 1 heterocycles. The lowest BCUT2D eigenvalue weighted by Crippen LogP contribution is -2.56. The molecule has 9 heteroatoms. The fraction of sp³-hybridized carbons (Fsp3) is 0.308. The average Bonchev–Trinajstić information content (AvgIpc) is 2.90. The van der Waals surface area contributed by atoms with Crippen molar-refractivity contribution in [2.45, 2.75) is 19.5 Å². The zero-order chi connectivity index (χ0) is 26.1. The van der Waals surface area contributed by atoms with Crippen LogP contribution in [0.3, 0.4) is 0 Å². The Morgan fingerprint density at radius 3 is 2.34 bits per heavy atom. The molecule has 9 nitrogen and oxygen atoms in total. The van der Waals surface area contributed by atoms with Gasteiger partial charge in [0.15, 0.2) is 0 Å². The number of piperazine rings is 1. The van der Waals surface area contributed by atoms with E-state index in [2.05, 4.69) is 5.32 Å². The first-order valence-corrected chi connectivity index (χ1v) is 11.1. The largest absolute Gasteiger partial charge is 0.508 e. The van der Waals surface area contributed by atoms with Crippen molar-refractivity contribution >= 4 is 23.7 Å². The van der Waals surface area contributed by atoms with Gasteiger partial charge in [-0.25, -0.2) is 0 Å². The van der Waals surface area contributed by atoms with Crippen molar-refractivity contribution in [3.05, 3.63) is 71.4 Å². The van der Waals surface area contributed by atoms with E-state index in [0.717, 1.165) is 0 Å². The quantitative estimate of drug-likeness (QED) is 0.416. The molecule has 0 bridgehead atoms. The lowest BCUT2D eigenvalue weighted by Gasteiger charge is -2.37. The van der Waals surface area contributed by atoms with Gasteiger partial charge in [-0.2, -0.15) is 5.26 Å². The molecule has 0 spiro atoms. The molecule has 0 radical (unpaired) electrons. The number of Topliss-reactive ketones (excluding diaryl/α,β-unsaturated/α-hetero) is 1. The Morgan fingerprint density at radius 2 is 1.74 bits per heavy atom. The van der Waals surface area contributed by atoms with Gasteiger partial charge in [0.1, 0.15) is 17.9 Å². The highest BCUT2D eigenvalue weighted by molar-refractivity contribution is 6.09. The molecular weight excluding hydrogens is 448 g/mol. The Morgan fingerprint density at radius 1 is 1.11 bits per heavy atom. The van der Waals surface area contributed by atoms with Crippen LogP contribution < -0.4 is 5.32 Å². The summed E-state index contributed by atoms with van der Waals surface area (Å²) in [7, 11) is 0. The first kappa shape index (κ1) is 24.0. The summed E-state index contributed by atoms with van der Waals surface area (Å²) in [4.78, 5) is 40.5. The number of nitriles is 1. The molecule has 1 aliphatic heterocycles. The minimum Gasteiger partial charge on any atom is -0.508 e. The highest BCUT2D eigenvalue weighted by Gasteiger charge is 2.30. The van der Waals surface area contributed by atoms with Crippen LogP contribution in [-0.2, 0) is 25.7 Å². The molecule has 3 rings (SSSR count). The van der Waals surface area contributed by atoms with Gasteiger partial charge in [-0.05, 0) is 29.3 Å². The van der Waals surface area contributed by atoms with E-state index in [1.165, 1.54) is 19.1 Å². The lowest BCUT2D eigenvalue weighted by molar-refractivity contribution is -0.139. The van der Waals surface area contributed by atoms with Crippen LogP contribution in [-0.4, -0.2) is 71.3 Å². The van der Waals surface area contributed by atoms with Gasteiger partial charge in [0.05, 0.1) is 20.3 Å². The highest BCUT2D eigenvalue weighted by atomic mass is 16.5. The van der Waals surface area contributed by atoms with Crippen molar-refractivity contribution in [1.82, 2.24) is 15.1 Å². The van der Waals surface area contributed by atoms with Gasteiger partial charge in [-0.1, -0.05) is 42.5 Å². The standard InChI is InChI=1S/C26H28N4O5/c1-19(31)28-23(18-35-17-21-5-3-2-4-6-21)26(34)30-13-11-29(12-14-30)24(25(33)16-27)15-20-7-9-22(32)10-8-20/h2-10,15,23,32H,11-14,17-18H2,1H3,(H,28,31)/b24-15+/t23-/m0/s1/i17D/t17?,23-. The van der Waals surface area contributed by atoms with E-state index < -0.39 is 24.3 Å². The van der Waals surface area contributed by atoms with Crippen LogP contribution in [0.5, 0.6) is 5.75 Å². The van der Waals surface area contributed by atoms with Crippen molar-refractivity contribution in [2.75, 3.05) is 32.8 Å². The Bertz CT molecular complexity index is 1140. The van der Waals surface area contributed by atoms with E-state index in [9.17, 15) is 24.8 Å². The maximum atomic E-state index is 13.2. The van der Waals surface area contributed by atoms with Gasteiger partial charge in [-0.15, -0.1) is 0 Å².